The number of hydrogen-bond acceptors (Lipinski definition) is 30. The predicted octanol–water partition coefficient (Wildman–Crippen LogP) is -4.04. The Labute approximate surface area is 496 Å². The molecule has 3 saturated heterocycles. The van der Waals surface area contributed by atoms with Gasteiger partial charge in [0.2, 0.25) is 18.9 Å². The molecule has 0 spiro atoms. The van der Waals surface area contributed by atoms with Crippen LogP contribution in [0.1, 0.15) is 53.0 Å². The van der Waals surface area contributed by atoms with Crippen molar-refractivity contribution < 1.29 is 147 Å². The molecule has 87 heavy (non-hydrogen) atoms. The van der Waals surface area contributed by atoms with Crippen molar-refractivity contribution in [3.63, 3.8) is 0 Å². The molecule has 2 aliphatic carbocycles. The number of benzene rings is 1. The van der Waals surface area contributed by atoms with Crippen LogP contribution >= 0.6 is 0 Å². The highest BCUT2D eigenvalue weighted by atomic mass is 16.8. The third-order valence-electron chi connectivity index (χ3n) is 18.0. The Balaban J connectivity index is 0.964. The molecular weight excluding hydrogens is 1160 g/mol. The van der Waals surface area contributed by atoms with Gasteiger partial charge in [-0.2, -0.15) is 0 Å². The van der Waals surface area contributed by atoms with Crippen molar-refractivity contribution in [3.8, 4) is 0 Å². The first kappa shape index (κ1) is 65.8. The summed E-state index contributed by atoms with van der Waals surface area (Å²) in [6.07, 6.45) is -26.6. The van der Waals surface area contributed by atoms with E-state index in [0.29, 0.717) is 6.29 Å². The lowest BCUT2D eigenvalue weighted by Gasteiger charge is -2.43. The summed E-state index contributed by atoms with van der Waals surface area (Å²) in [6, 6.07) is 4.03. The normalized spacial score (nSPS) is 42.4. The fraction of sp³-hybridized carbons (Fsp3) is 0.667. The zero-order chi connectivity index (χ0) is 63.0. The number of rotatable bonds is 19. The van der Waals surface area contributed by atoms with Crippen LogP contribution in [0.15, 0.2) is 66.4 Å². The minimum Gasteiger partial charge on any atom is -0.472 e. The van der Waals surface area contributed by atoms with Gasteiger partial charge in [0.25, 0.3) is 0 Å². The van der Waals surface area contributed by atoms with Crippen molar-refractivity contribution in [2.24, 2.45) is 47.3 Å². The first-order valence-corrected chi connectivity index (χ1v) is 28.3. The standard InChI is InChI=1S/C57H74O30/c1-6-25-26(10-22-7-8-23(9-24(22)13-58)48(71)80-32-11-27-30(49(72)75-4)18-78-53(37(27)20(32)2)86-56-46(69)43(66)40(63)35(15-60)83-56)29(17-77-52(25)85-55-45(68)42(65)39(62)34(14-59)82-55)51(74)81-33-12-28-31(50(73)76-5)19-79-54(38(28)21(33)3)87-57-47(70)44(67)41(64)36(16-61)84-57/h6-9,13,17-21,25-28,32-47,52-57,59-70H,1,10-12,14-16H2,2-5H3/t20-,21-,25+,26-,27+,28+,32-,33-,34+,35+,36+,37+,38+,39+,40+,41+,42-,43-,44-,45+,46+,47+,52-,53-,54-,55-,56-,57-/m0/s1. The SMILES string of the molecule is C=C[C@H]1[C@H](O[C@@H]2O[C@H](CO)[C@@H](O)[C@H](O)[C@H]2O)OC=C(C(=O)O[C@H]2C[C@@H]3C(C(=O)OC)=CO[C@@H](O[C@@H]4O[C@H](CO)[C@@H](O)[C@H](O)[C@H]4O)[C@@H]3[C@H]2C)[C@H]1Cc1ccc(C(=O)O[C@H]2C[C@@H]3C(C(=O)OC)=CO[C@@H](O[C@@H]4O[C@H](CO)[C@@H](O)[C@H](O)[C@H]4O)[C@@H]3[C@H]2C)cc1C=O. The molecular formula is C57H74O30. The maximum absolute atomic E-state index is 14.9. The Morgan fingerprint density at radius 2 is 0.943 bits per heavy atom. The van der Waals surface area contributed by atoms with E-state index in [1.165, 1.54) is 24.3 Å². The number of hydrogen-bond donors (Lipinski definition) is 12. The lowest BCUT2D eigenvalue weighted by molar-refractivity contribution is -0.342. The van der Waals surface area contributed by atoms with Gasteiger partial charge < -0.3 is 123 Å². The van der Waals surface area contributed by atoms with Crippen molar-refractivity contribution >= 4 is 30.2 Å². The van der Waals surface area contributed by atoms with Gasteiger partial charge in [0, 0.05) is 52.9 Å². The summed E-state index contributed by atoms with van der Waals surface area (Å²) in [5, 5.41) is 125. The maximum atomic E-state index is 14.9. The van der Waals surface area contributed by atoms with Crippen LogP contribution in [0.25, 0.3) is 0 Å². The highest BCUT2D eigenvalue weighted by Gasteiger charge is 2.58. The number of aldehydes is 1. The second kappa shape index (κ2) is 27.7. The molecule has 8 aliphatic rings. The summed E-state index contributed by atoms with van der Waals surface area (Å²) in [5.41, 5.74) is 0.00332. The summed E-state index contributed by atoms with van der Waals surface area (Å²) >= 11 is 0. The number of aliphatic hydroxyl groups is 12. The highest BCUT2D eigenvalue weighted by molar-refractivity contribution is 5.93. The van der Waals surface area contributed by atoms with Gasteiger partial charge in [0.05, 0.1) is 75.1 Å². The Morgan fingerprint density at radius 1 is 0.540 bits per heavy atom. The van der Waals surface area contributed by atoms with Crippen LogP contribution in [0, 0.1) is 47.3 Å². The zero-order valence-corrected chi connectivity index (χ0v) is 47.4. The molecule has 12 N–H and O–H groups in total. The smallest absolute Gasteiger partial charge is 0.338 e. The topological polar surface area (TPSA) is 448 Å². The van der Waals surface area contributed by atoms with E-state index in [1.807, 2.05) is 0 Å². The first-order chi connectivity index (χ1) is 41.5. The van der Waals surface area contributed by atoms with E-state index in [9.17, 15) is 85.3 Å². The fourth-order valence-electron chi connectivity index (χ4n) is 13.0. The number of carbonyl (C=O) groups is 5. The molecule has 2 saturated carbocycles. The minimum atomic E-state index is -1.89. The first-order valence-electron chi connectivity index (χ1n) is 28.3. The molecule has 30 heteroatoms. The molecule has 0 bridgehead atoms. The second-order valence-electron chi connectivity index (χ2n) is 22.8. The summed E-state index contributed by atoms with van der Waals surface area (Å²) in [4.78, 5) is 68.3. The Morgan fingerprint density at radius 3 is 1.34 bits per heavy atom. The quantitative estimate of drug-likeness (QED) is 0.0271. The zero-order valence-electron chi connectivity index (χ0n) is 47.4. The molecule has 0 amide bonds. The molecule has 0 radical (unpaired) electrons. The molecule has 6 aliphatic heterocycles. The molecule has 482 valence electrons. The fourth-order valence-corrected chi connectivity index (χ4v) is 13.0. The van der Waals surface area contributed by atoms with Gasteiger partial charge in [-0.1, -0.05) is 26.0 Å². The summed E-state index contributed by atoms with van der Waals surface area (Å²) in [6.45, 7) is 5.02. The van der Waals surface area contributed by atoms with Gasteiger partial charge in [0.1, 0.15) is 91.7 Å². The van der Waals surface area contributed by atoms with E-state index in [2.05, 4.69) is 6.58 Å². The van der Waals surface area contributed by atoms with Crippen LogP contribution in [-0.4, -0.2) is 249 Å². The van der Waals surface area contributed by atoms with Gasteiger partial charge >= 0.3 is 23.9 Å². The number of esters is 4. The van der Waals surface area contributed by atoms with Crippen LogP contribution in [-0.2, 0) is 82.4 Å². The second-order valence-corrected chi connectivity index (χ2v) is 22.8. The Kier molecular flexibility index (Phi) is 20.9. The average Bonchev–Trinajstić information content (AvgIpc) is 1.78. The van der Waals surface area contributed by atoms with Crippen molar-refractivity contribution in [1.29, 1.82) is 0 Å². The molecule has 1 aromatic carbocycles. The molecule has 0 aromatic heterocycles. The lowest BCUT2D eigenvalue weighted by atomic mass is 9.78. The van der Waals surface area contributed by atoms with Crippen molar-refractivity contribution in [3.05, 3.63) is 83.0 Å². The van der Waals surface area contributed by atoms with E-state index in [0.717, 1.165) is 33.0 Å². The van der Waals surface area contributed by atoms with E-state index < -0.39 is 214 Å². The monoisotopic (exact) mass is 1240 g/mol. The molecule has 5 fully saturated rings. The number of methoxy groups -OCH3 is 2. The van der Waals surface area contributed by atoms with Crippen LogP contribution in [0.3, 0.4) is 0 Å². The van der Waals surface area contributed by atoms with Crippen LogP contribution in [0.5, 0.6) is 0 Å². The Bertz CT molecular complexity index is 2750. The van der Waals surface area contributed by atoms with Crippen molar-refractivity contribution in [2.75, 3.05) is 34.0 Å². The molecule has 6 heterocycles. The van der Waals surface area contributed by atoms with Crippen LogP contribution in [0.4, 0.5) is 0 Å². The number of fused-ring (bicyclic) bond motifs is 2. The summed E-state index contributed by atoms with van der Waals surface area (Å²) in [7, 11) is 2.30. The van der Waals surface area contributed by atoms with E-state index in [-0.39, 0.29) is 52.7 Å². The molecule has 28 atom stereocenters. The Hall–Kier alpha value is -5.59. The van der Waals surface area contributed by atoms with Gasteiger partial charge in [-0.05, 0) is 37.0 Å². The van der Waals surface area contributed by atoms with E-state index in [1.54, 1.807) is 13.8 Å². The van der Waals surface area contributed by atoms with Crippen LogP contribution in [0.2, 0.25) is 0 Å². The maximum Gasteiger partial charge on any atom is 0.338 e. The lowest BCUT2D eigenvalue weighted by Crippen LogP contribution is -2.60. The highest BCUT2D eigenvalue weighted by Crippen LogP contribution is 2.51. The number of carbonyl (C=O) groups excluding carboxylic acids is 5. The van der Waals surface area contributed by atoms with Crippen molar-refractivity contribution in [2.45, 2.75) is 156 Å². The van der Waals surface area contributed by atoms with Gasteiger partial charge in [0.15, 0.2) is 18.9 Å². The predicted molar refractivity (Wildman–Crippen MR) is 281 cm³/mol. The molecule has 9 rings (SSSR count). The molecule has 30 nitrogen and oxygen atoms in total. The number of ether oxygens (including phenoxy) is 13. The minimum absolute atomic E-state index is 0.0215. The third-order valence-corrected chi connectivity index (χ3v) is 18.0. The van der Waals surface area contributed by atoms with E-state index >= 15 is 0 Å². The van der Waals surface area contributed by atoms with Gasteiger partial charge in [-0.3, -0.25) is 4.79 Å². The van der Waals surface area contributed by atoms with Gasteiger partial charge in [-0.25, -0.2) is 19.2 Å². The van der Waals surface area contributed by atoms with Gasteiger partial charge in [-0.15, -0.1) is 6.58 Å². The number of aliphatic hydroxyl groups excluding tert-OH is 12. The van der Waals surface area contributed by atoms with E-state index in [4.69, 9.17) is 61.6 Å². The largest absolute Gasteiger partial charge is 0.472 e. The van der Waals surface area contributed by atoms with Crippen molar-refractivity contribution in [1.82, 2.24) is 0 Å². The third kappa shape index (κ3) is 12.8. The molecule has 1 aromatic rings. The molecule has 0 unspecified atom stereocenters. The van der Waals surface area contributed by atoms with Crippen LogP contribution < -0.4 is 0 Å². The summed E-state index contributed by atoms with van der Waals surface area (Å²) < 4.78 is 74.9. The summed E-state index contributed by atoms with van der Waals surface area (Å²) in [5.74, 6) is -10.2. The average molecular weight is 1240 g/mol.